The van der Waals surface area contributed by atoms with Crippen LogP contribution in [0.4, 0.5) is 0 Å². The van der Waals surface area contributed by atoms with E-state index in [0.29, 0.717) is 5.54 Å². The van der Waals surface area contributed by atoms with Gasteiger partial charge in [-0.25, -0.2) is 0 Å². The lowest BCUT2D eigenvalue weighted by atomic mass is 9.89. The third kappa shape index (κ3) is 2.64. The Labute approximate surface area is 93.5 Å². The SMILES string of the molecule is CC1(n2cccc2)CCCCCCCC1. The molecule has 0 radical (unpaired) electrons. The van der Waals surface area contributed by atoms with Crippen LogP contribution in [0.15, 0.2) is 24.5 Å². The number of hydrogen-bond donors (Lipinski definition) is 0. The highest BCUT2D eigenvalue weighted by atomic mass is 15.0. The zero-order valence-corrected chi connectivity index (χ0v) is 9.91. The molecule has 0 amide bonds. The topological polar surface area (TPSA) is 4.93 Å². The molecule has 15 heavy (non-hydrogen) atoms. The first-order valence-corrected chi connectivity index (χ1v) is 6.45. The van der Waals surface area contributed by atoms with E-state index in [0.717, 1.165) is 0 Å². The van der Waals surface area contributed by atoms with E-state index in [1.165, 1.54) is 51.4 Å². The summed E-state index contributed by atoms with van der Waals surface area (Å²) in [6.45, 7) is 2.43. The van der Waals surface area contributed by atoms with Crippen molar-refractivity contribution in [3.8, 4) is 0 Å². The van der Waals surface area contributed by atoms with Crippen LogP contribution in [-0.2, 0) is 5.54 Å². The number of aromatic nitrogens is 1. The fourth-order valence-corrected chi connectivity index (χ4v) is 2.80. The van der Waals surface area contributed by atoms with Gasteiger partial charge < -0.3 is 4.57 Å². The molecule has 0 atom stereocenters. The van der Waals surface area contributed by atoms with Crippen LogP contribution in [0.1, 0.15) is 58.3 Å². The van der Waals surface area contributed by atoms with Gasteiger partial charge in [0.2, 0.25) is 0 Å². The van der Waals surface area contributed by atoms with Gasteiger partial charge >= 0.3 is 0 Å². The molecule has 0 spiro atoms. The van der Waals surface area contributed by atoms with Gasteiger partial charge in [-0.15, -0.1) is 0 Å². The molecular weight excluding hydrogens is 182 g/mol. The lowest BCUT2D eigenvalue weighted by molar-refractivity contribution is 0.259. The van der Waals surface area contributed by atoms with Crippen molar-refractivity contribution in [1.82, 2.24) is 4.57 Å². The van der Waals surface area contributed by atoms with Crippen molar-refractivity contribution in [1.29, 1.82) is 0 Å². The van der Waals surface area contributed by atoms with Crippen molar-refractivity contribution in [3.05, 3.63) is 24.5 Å². The Kier molecular flexibility index (Phi) is 3.50. The average Bonchev–Trinajstić information content (AvgIpc) is 2.75. The Morgan fingerprint density at radius 1 is 0.800 bits per heavy atom. The van der Waals surface area contributed by atoms with Crippen LogP contribution in [0, 0.1) is 0 Å². The van der Waals surface area contributed by atoms with Crippen LogP contribution in [0.3, 0.4) is 0 Å². The lowest BCUT2D eigenvalue weighted by Crippen LogP contribution is -2.28. The molecule has 0 aromatic carbocycles. The van der Waals surface area contributed by atoms with Gasteiger partial charge in [-0.1, -0.05) is 38.5 Å². The first kappa shape index (κ1) is 10.8. The summed E-state index contributed by atoms with van der Waals surface area (Å²) in [6.07, 6.45) is 15.7. The minimum atomic E-state index is 0.383. The summed E-state index contributed by atoms with van der Waals surface area (Å²) < 4.78 is 2.43. The fraction of sp³-hybridized carbons (Fsp3) is 0.714. The fourth-order valence-electron chi connectivity index (χ4n) is 2.80. The molecule has 1 aliphatic carbocycles. The molecule has 0 saturated heterocycles. The summed E-state index contributed by atoms with van der Waals surface area (Å²) in [5.74, 6) is 0. The minimum Gasteiger partial charge on any atom is -0.349 e. The van der Waals surface area contributed by atoms with Gasteiger partial charge in [0.25, 0.3) is 0 Å². The molecule has 0 bridgehead atoms. The summed E-state index contributed by atoms with van der Waals surface area (Å²) in [7, 11) is 0. The summed E-state index contributed by atoms with van der Waals surface area (Å²) in [5, 5.41) is 0. The molecule has 0 unspecified atom stereocenters. The maximum absolute atomic E-state index is 2.43. The van der Waals surface area contributed by atoms with E-state index in [9.17, 15) is 0 Å². The first-order chi connectivity index (χ1) is 7.31. The van der Waals surface area contributed by atoms with E-state index >= 15 is 0 Å². The highest BCUT2D eigenvalue weighted by Crippen LogP contribution is 2.31. The molecule has 84 valence electrons. The first-order valence-electron chi connectivity index (χ1n) is 6.45. The molecule has 1 nitrogen and oxygen atoms in total. The smallest absolute Gasteiger partial charge is 0.0411 e. The van der Waals surface area contributed by atoms with Crippen LogP contribution in [0.5, 0.6) is 0 Å². The standard InChI is InChI=1S/C14H23N/c1-14(15-12-8-9-13-15)10-6-4-2-3-5-7-11-14/h8-9,12-13H,2-7,10-11H2,1H3. The maximum Gasteiger partial charge on any atom is 0.0411 e. The Morgan fingerprint density at radius 3 is 1.80 bits per heavy atom. The zero-order chi connectivity index (χ0) is 10.6. The number of nitrogens with zero attached hydrogens (tertiary/aromatic N) is 1. The number of rotatable bonds is 1. The van der Waals surface area contributed by atoms with E-state index in [4.69, 9.17) is 0 Å². The van der Waals surface area contributed by atoms with Gasteiger partial charge in [-0.05, 0) is 31.9 Å². The third-order valence-electron chi connectivity index (χ3n) is 3.91. The summed E-state index contributed by atoms with van der Waals surface area (Å²) in [5.41, 5.74) is 0.383. The Hall–Kier alpha value is -0.720. The van der Waals surface area contributed by atoms with E-state index in [2.05, 4.69) is 36.0 Å². The average molecular weight is 205 g/mol. The molecule has 0 N–H and O–H groups in total. The highest BCUT2D eigenvalue weighted by Gasteiger charge is 2.24. The molecule has 1 aliphatic rings. The van der Waals surface area contributed by atoms with Crippen LogP contribution in [0.2, 0.25) is 0 Å². The second-order valence-corrected chi connectivity index (χ2v) is 5.21. The lowest BCUT2D eigenvalue weighted by Gasteiger charge is -2.31. The monoisotopic (exact) mass is 205 g/mol. The molecule has 1 fully saturated rings. The summed E-state index contributed by atoms with van der Waals surface area (Å²) >= 11 is 0. The van der Waals surface area contributed by atoms with Crippen molar-refractivity contribution in [2.75, 3.05) is 0 Å². The predicted molar refractivity (Wildman–Crippen MR) is 65.0 cm³/mol. The molecule has 1 aromatic rings. The van der Waals surface area contributed by atoms with Gasteiger partial charge in [-0.3, -0.25) is 0 Å². The van der Waals surface area contributed by atoms with Crippen molar-refractivity contribution in [2.24, 2.45) is 0 Å². The van der Waals surface area contributed by atoms with E-state index in [-0.39, 0.29) is 0 Å². The Bertz CT molecular complexity index is 264. The van der Waals surface area contributed by atoms with Gasteiger partial charge in [0.1, 0.15) is 0 Å². The Morgan fingerprint density at radius 2 is 1.27 bits per heavy atom. The van der Waals surface area contributed by atoms with Crippen molar-refractivity contribution in [2.45, 2.75) is 63.8 Å². The van der Waals surface area contributed by atoms with Crippen LogP contribution >= 0.6 is 0 Å². The zero-order valence-electron chi connectivity index (χ0n) is 9.91. The second kappa shape index (κ2) is 4.87. The molecule has 1 saturated carbocycles. The largest absolute Gasteiger partial charge is 0.349 e. The predicted octanol–water partition coefficient (Wildman–Crippen LogP) is 4.34. The van der Waals surface area contributed by atoms with E-state index in [1.54, 1.807) is 0 Å². The Balaban J connectivity index is 2.09. The number of hydrogen-bond acceptors (Lipinski definition) is 0. The van der Waals surface area contributed by atoms with Crippen molar-refractivity contribution >= 4 is 0 Å². The quantitative estimate of drug-likeness (QED) is 0.643. The second-order valence-electron chi connectivity index (χ2n) is 5.21. The van der Waals surface area contributed by atoms with Crippen molar-refractivity contribution < 1.29 is 0 Å². The van der Waals surface area contributed by atoms with Gasteiger partial charge in [-0.2, -0.15) is 0 Å². The normalized spacial score (nSPS) is 22.7. The molecular formula is C14H23N. The molecule has 2 rings (SSSR count). The van der Waals surface area contributed by atoms with Gasteiger partial charge in [0, 0.05) is 17.9 Å². The highest BCUT2D eigenvalue weighted by molar-refractivity contribution is 4.97. The van der Waals surface area contributed by atoms with E-state index < -0.39 is 0 Å². The maximum atomic E-state index is 2.43. The van der Waals surface area contributed by atoms with Crippen molar-refractivity contribution in [3.63, 3.8) is 0 Å². The summed E-state index contributed by atoms with van der Waals surface area (Å²) in [4.78, 5) is 0. The minimum absolute atomic E-state index is 0.383. The molecule has 1 aromatic heterocycles. The summed E-state index contributed by atoms with van der Waals surface area (Å²) in [6, 6.07) is 4.30. The van der Waals surface area contributed by atoms with E-state index in [1.807, 2.05) is 0 Å². The molecule has 1 heteroatoms. The third-order valence-corrected chi connectivity index (χ3v) is 3.91. The van der Waals surface area contributed by atoms with Crippen LogP contribution in [-0.4, -0.2) is 4.57 Å². The van der Waals surface area contributed by atoms with Gasteiger partial charge in [0.15, 0.2) is 0 Å². The molecule has 1 heterocycles. The van der Waals surface area contributed by atoms with Gasteiger partial charge in [0.05, 0.1) is 0 Å². The van der Waals surface area contributed by atoms with Crippen LogP contribution in [0.25, 0.3) is 0 Å². The molecule has 0 aliphatic heterocycles. The van der Waals surface area contributed by atoms with Crippen LogP contribution < -0.4 is 0 Å².